The van der Waals surface area contributed by atoms with Crippen LogP contribution < -0.4 is 25.0 Å². The van der Waals surface area contributed by atoms with E-state index in [0.717, 1.165) is 54.5 Å². The number of aromatic hydroxyl groups is 1. The maximum absolute atomic E-state index is 10.3. The van der Waals surface area contributed by atoms with Crippen molar-refractivity contribution in [2.24, 2.45) is 5.92 Å². The molecule has 0 amide bonds. The summed E-state index contributed by atoms with van der Waals surface area (Å²) >= 11 is 0. The second-order valence-electron chi connectivity index (χ2n) is 9.10. The van der Waals surface area contributed by atoms with Gasteiger partial charge in [0.05, 0.1) is 19.7 Å². The van der Waals surface area contributed by atoms with E-state index >= 15 is 0 Å². The Hall–Kier alpha value is -3.26. The van der Waals surface area contributed by atoms with Crippen molar-refractivity contribution in [3.63, 3.8) is 0 Å². The third-order valence-corrected chi connectivity index (χ3v) is 6.54. The number of nitrogens with one attached hydrogen (secondary N) is 2. The van der Waals surface area contributed by atoms with Gasteiger partial charge in [-0.3, -0.25) is 0 Å². The number of fused-ring (bicyclic) bond motifs is 1. The predicted octanol–water partition coefficient (Wildman–Crippen LogP) is 4.18. The fourth-order valence-electron chi connectivity index (χ4n) is 4.64. The van der Waals surface area contributed by atoms with Crippen LogP contribution in [0.1, 0.15) is 31.2 Å². The number of methoxy groups -OCH3 is 2. The molecule has 3 N–H and O–H groups in total. The first-order chi connectivity index (χ1) is 16.5. The van der Waals surface area contributed by atoms with Gasteiger partial charge in [-0.05, 0) is 50.3 Å². The summed E-state index contributed by atoms with van der Waals surface area (Å²) < 4.78 is 10.6. The molecular formula is C26H35N5O3. The van der Waals surface area contributed by atoms with E-state index in [1.807, 2.05) is 37.2 Å². The van der Waals surface area contributed by atoms with Crippen molar-refractivity contribution >= 4 is 22.7 Å². The molecule has 182 valence electrons. The standard InChI is InChI=1S/C26H35N5O3/c1-31(2)25-20-7-5-6-8-22(20)29-26(30-25)28-18-11-9-17(10-12-18)15-27-16-21-23(32)13-19(33-3)14-24(21)34-4/h5-8,13-14,17-18,27,32H,9-12,15-16H2,1-4H3,(H,28,29,30)/t17-,18+. The number of hydrogen-bond donors (Lipinski definition) is 3. The maximum atomic E-state index is 10.3. The number of phenols is 1. The van der Waals surface area contributed by atoms with Gasteiger partial charge >= 0.3 is 0 Å². The Morgan fingerprint density at radius 2 is 1.79 bits per heavy atom. The molecule has 1 aliphatic rings. The molecule has 34 heavy (non-hydrogen) atoms. The van der Waals surface area contributed by atoms with Gasteiger partial charge in [-0.2, -0.15) is 4.98 Å². The van der Waals surface area contributed by atoms with Crippen molar-refractivity contribution in [3.05, 3.63) is 42.0 Å². The average Bonchev–Trinajstić information content (AvgIpc) is 2.85. The molecule has 8 nitrogen and oxygen atoms in total. The van der Waals surface area contributed by atoms with E-state index in [0.29, 0.717) is 36.0 Å². The van der Waals surface area contributed by atoms with Gasteiger partial charge < -0.3 is 30.1 Å². The number of aromatic nitrogens is 2. The lowest BCUT2D eigenvalue weighted by Gasteiger charge is -2.29. The van der Waals surface area contributed by atoms with Gasteiger partial charge in [-0.15, -0.1) is 0 Å². The molecule has 0 radical (unpaired) electrons. The van der Waals surface area contributed by atoms with Crippen LogP contribution in [0.15, 0.2) is 36.4 Å². The van der Waals surface area contributed by atoms with Crippen LogP contribution in [0.2, 0.25) is 0 Å². The fraction of sp³-hybridized carbons (Fsp3) is 0.462. The molecule has 0 spiro atoms. The Kier molecular flexibility index (Phi) is 7.57. The molecule has 3 aromatic rings. The highest BCUT2D eigenvalue weighted by Gasteiger charge is 2.22. The second kappa shape index (κ2) is 10.8. The number of benzene rings is 2. The van der Waals surface area contributed by atoms with Crippen LogP contribution in [0, 0.1) is 5.92 Å². The highest BCUT2D eigenvalue weighted by molar-refractivity contribution is 5.90. The molecule has 0 saturated heterocycles. The van der Waals surface area contributed by atoms with Crippen molar-refractivity contribution in [1.29, 1.82) is 0 Å². The van der Waals surface area contributed by atoms with E-state index in [2.05, 4.69) is 16.7 Å². The van der Waals surface area contributed by atoms with Crippen LogP contribution in [0.5, 0.6) is 17.2 Å². The molecule has 2 aromatic carbocycles. The Morgan fingerprint density at radius 3 is 2.50 bits per heavy atom. The highest BCUT2D eigenvalue weighted by atomic mass is 16.5. The van der Waals surface area contributed by atoms with E-state index in [1.54, 1.807) is 26.4 Å². The molecule has 0 atom stereocenters. The van der Waals surface area contributed by atoms with Crippen molar-refractivity contribution in [2.75, 3.05) is 45.1 Å². The summed E-state index contributed by atoms with van der Waals surface area (Å²) in [5, 5.41) is 18.5. The van der Waals surface area contributed by atoms with E-state index in [9.17, 15) is 5.11 Å². The Morgan fingerprint density at radius 1 is 1.03 bits per heavy atom. The minimum absolute atomic E-state index is 0.184. The molecule has 1 saturated carbocycles. The largest absolute Gasteiger partial charge is 0.507 e. The molecule has 1 aliphatic carbocycles. The van der Waals surface area contributed by atoms with Gasteiger partial charge in [0.1, 0.15) is 23.1 Å². The lowest BCUT2D eigenvalue weighted by Crippen LogP contribution is -2.31. The molecule has 1 fully saturated rings. The summed E-state index contributed by atoms with van der Waals surface area (Å²) in [5.41, 5.74) is 1.71. The molecule has 0 bridgehead atoms. The minimum atomic E-state index is 0.184. The number of rotatable bonds is 9. The van der Waals surface area contributed by atoms with E-state index < -0.39 is 0 Å². The number of nitrogens with zero attached hydrogens (tertiary/aromatic N) is 3. The number of phenolic OH excluding ortho intramolecular Hbond substituents is 1. The lowest BCUT2D eigenvalue weighted by atomic mass is 9.86. The first-order valence-corrected chi connectivity index (χ1v) is 11.8. The van der Waals surface area contributed by atoms with Gasteiger partial charge in [0.15, 0.2) is 0 Å². The quantitative estimate of drug-likeness (QED) is 0.434. The smallest absolute Gasteiger partial charge is 0.225 e. The first kappa shape index (κ1) is 23.9. The highest BCUT2D eigenvalue weighted by Crippen LogP contribution is 2.33. The van der Waals surface area contributed by atoms with Gasteiger partial charge in [-0.25, -0.2) is 4.98 Å². The van der Waals surface area contributed by atoms with Crippen LogP contribution >= 0.6 is 0 Å². The Bertz CT molecular complexity index is 1110. The average molecular weight is 466 g/mol. The van der Waals surface area contributed by atoms with Crippen LogP contribution in [0.25, 0.3) is 10.9 Å². The predicted molar refractivity (Wildman–Crippen MR) is 136 cm³/mol. The summed E-state index contributed by atoms with van der Waals surface area (Å²) in [6, 6.07) is 11.9. The molecule has 4 rings (SSSR count). The number of anilines is 2. The second-order valence-corrected chi connectivity index (χ2v) is 9.10. The molecule has 0 unspecified atom stereocenters. The van der Waals surface area contributed by atoms with Gasteiger partial charge in [0.2, 0.25) is 5.95 Å². The molecule has 1 aromatic heterocycles. The van der Waals surface area contributed by atoms with E-state index in [-0.39, 0.29) is 5.75 Å². The van der Waals surface area contributed by atoms with Crippen LogP contribution in [0.4, 0.5) is 11.8 Å². The third-order valence-electron chi connectivity index (χ3n) is 6.54. The molecular weight excluding hydrogens is 430 g/mol. The van der Waals surface area contributed by atoms with Crippen molar-refractivity contribution in [2.45, 2.75) is 38.3 Å². The first-order valence-electron chi connectivity index (χ1n) is 11.8. The van der Waals surface area contributed by atoms with Gasteiger partial charge in [0.25, 0.3) is 0 Å². The van der Waals surface area contributed by atoms with E-state index in [1.165, 1.54) is 0 Å². The topological polar surface area (TPSA) is 91.8 Å². The molecule has 8 heteroatoms. The zero-order valence-electron chi connectivity index (χ0n) is 20.5. The third kappa shape index (κ3) is 5.44. The summed E-state index contributed by atoms with van der Waals surface area (Å²) in [5.74, 6) is 3.62. The summed E-state index contributed by atoms with van der Waals surface area (Å²) in [7, 11) is 7.20. The molecule has 0 aliphatic heterocycles. The Labute approximate surface area is 201 Å². The van der Waals surface area contributed by atoms with Crippen LogP contribution in [-0.2, 0) is 6.54 Å². The van der Waals surface area contributed by atoms with Crippen LogP contribution in [-0.4, -0.2) is 56.0 Å². The summed E-state index contributed by atoms with van der Waals surface area (Å²) in [6.45, 7) is 1.45. The molecule has 1 heterocycles. The minimum Gasteiger partial charge on any atom is -0.507 e. The zero-order chi connectivity index (χ0) is 24.1. The zero-order valence-corrected chi connectivity index (χ0v) is 20.5. The Balaban J connectivity index is 1.30. The van der Waals surface area contributed by atoms with Crippen molar-refractivity contribution in [1.82, 2.24) is 15.3 Å². The number of ether oxygens (including phenoxy) is 2. The van der Waals surface area contributed by atoms with Gasteiger partial charge in [0, 0.05) is 49.8 Å². The van der Waals surface area contributed by atoms with Gasteiger partial charge in [-0.1, -0.05) is 12.1 Å². The van der Waals surface area contributed by atoms with E-state index in [4.69, 9.17) is 19.4 Å². The summed E-state index contributed by atoms with van der Waals surface area (Å²) in [4.78, 5) is 11.6. The maximum Gasteiger partial charge on any atom is 0.225 e. The van der Waals surface area contributed by atoms with Crippen molar-refractivity contribution < 1.29 is 14.6 Å². The summed E-state index contributed by atoms with van der Waals surface area (Å²) in [6.07, 6.45) is 4.42. The van der Waals surface area contributed by atoms with Crippen molar-refractivity contribution in [3.8, 4) is 17.2 Å². The number of para-hydroxylation sites is 1. The normalized spacial score (nSPS) is 18.0. The fourth-order valence-corrected chi connectivity index (χ4v) is 4.64. The lowest BCUT2D eigenvalue weighted by molar-refractivity contribution is 0.321. The number of hydrogen-bond acceptors (Lipinski definition) is 8. The monoisotopic (exact) mass is 465 g/mol. The SMILES string of the molecule is COc1cc(O)c(CNC[C@H]2CC[C@@H](Nc3nc(N(C)C)c4ccccc4n3)CC2)c(OC)c1. The van der Waals surface area contributed by atoms with Crippen LogP contribution in [0.3, 0.4) is 0 Å².